The molecule has 1 amide bonds. The lowest BCUT2D eigenvalue weighted by molar-refractivity contribution is -0.114. The first kappa shape index (κ1) is 17.8. The number of hydrogen-bond acceptors (Lipinski definition) is 4. The summed E-state index contributed by atoms with van der Waals surface area (Å²) in [5.74, 6) is 0.599. The average molecular weight is 328 g/mol. The Hall–Kier alpha value is -2.53. The summed E-state index contributed by atoms with van der Waals surface area (Å²) in [5, 5.41) is 5.96. The predicted molar refractivity (Wildman–Crippen MR) is 96.7 cm³/mol. The number of rotatable bonds is 9. The van der Waals surface area contributed by atoms with E-state index < -0.39 is 0 Å². The second-order valence-electron chi connectivity index (χ2n) is 5.34. The van der Waals surface area contributed by atoms with Gasteiger partial charge in [-0.05, 0) is 43.7 Å². The fraction of sp³-hybridized carbons (Fsp3) is 0.316. The van der Waals surface area contributed by atoms with Crippen LogP contribution < -0.4 is 15.4 Å². The molecule has 0 radical (unpaired) electrons. The minimum absolute atomic E-state index is 0.108. The first-order chi connectivity index (χ1) is 11.7. The largest absolute Gasteiger partial charge is 0.491 e. The number of aryl methyl sites for hydroxylation is 1. The number of amides is 1. The first-order valence-corrected chi connectivity index (χ1v) is 8.08. The van der Waals surface area contributed by atoms with E-state index in [4.69, 9.17) is 9.47 Å². The van der Waals surface area contributed by atoms with E-state index in [-0.39, 0.29) is 12.5 Å². The van der Waals surface area contributed by atoms with Crippen molar-refractivity contribution in [2.24, 2.45) is 0 Å². The second kappa shape index (κ2) is 9.57. The second-order valence-corrected chi connectivity index (χ2v) is 5.34. The third-order valence-corrected chi connectivity index (χ3v) is 3.29. The van der Waals surface area contributed by atoms with Crippen LogP contribution in [0.4, 0.5) is 11.4 Å². The van der Waals surface area contributed by atoms with Crippen LogP contribution in [0.1, 0.15) is 12.5 Å². The molecule has 0 bridgehead atoms. The summed E-state index contributed by atoms with van der Waals surface area (Å²) >= 11 is 0. The maximum absolute atomic E-state index is 12.0. The van der Waals surface area contributed by atoms with Crippen molar-refractivity contribution in [2.45, 2.75) is 13.8 Å². The van der Waals surface area contributed by atoms with Crippen LogP contribution in [0.2, 0.25) is 0 Å². The molecule has 0 aromatic heterocycles. The first-order valence-electron chi connectivity index (χ1n) is 8.08. The maximum Gasteiger partial charge on any atom is 0.243 e. The maximum atomic E-state index is 12.0. The summed E-state index contributed by atoms with van der Waals surface area (Å²) in [6.45, 7) is 5.88. The molecule has 0 fully saturated rings. The molecule has 5 nitrogen and oxygen atoms in total. The van der Waals surface area contributed by atoms with E-state index >= 15 is 0 Å². The number of ether oxygens (including phenoxy) is 2. The highest BCUT2D eigenvalue weighted by Gasteiger charge is 2.04. The fourth-order valence-electron chi connectivity index (χ4n) is 2.17. The number of nitrogens with one attached hydrogen (secondary N) is 2. The van der Waals surface area contributed by atoms with Crippen LogP contribution in [0.3, 0.4) is 0 Å². The molecule has 0 heterocycles. The molecule has 0 unspecified atom stereocenters. The van der Waals surface area contributed by atoms with Gasteiger partial charge in [-0.2, -0.15) is 0 Å². The third-order valence-electron chi connectivity index (χ3n) is 3.29. The van der Waals surface area contributed by atoms with Gasteiger partial charge in [0.05, 0.1) is 13.2 Å². The van der Waals surface area contributed by atoms with Gasteiger partial charge in [-0.1, -0.05) is 18.2 Å². The highest BCUT2D eigenvalue weighted by atomic mass is 16.5. The van der Waals surface area contributed by atoms with Crippen LogP contribution in [0, 0.1) is 6.92 Å². The van der Waals surface area contributed by atoms with Gasteiger partial charge in [-0.25, -0.2) is 0 Å². The van der Waals surface area contributed by atoms with Gasteiger partial charge in [0.1, 0.15) is 12.4 Å². The molecule has 0 spiro atoms. The van der Waals surface area contributed by atoms with Gasteiger partial charge in [0.2, 0.25) is 5.91 Å². The minimum Gasteiger partial charge on any atom is -0.491 e. The Morgan fingerprint density at radius 3 is 2.62 bits per heavy atom. The number of carbonyl (C=O) groups is 1. The Morgan fingerprint density at radius 1 is 1.04 bits per heavy atom. The van der Waals surface area contributed by atoms with Crippen LogP contribution in [-0.2, 0) is 9.53 Å². The van der Waals surface area contributed by atoms with Crippen molar-refractivity contribution in [1.29, 1.82) is 0 Å². The van der Waals surface area contributed by atoms with Crippen molar-refractivity contribution in [1.82, 2.24) is 0 Å². The summed E-state index contributed by atoms with van der Waals surface area (Å²) < 4.78 is 10.8. The molecule has 5 heteroatoms. The molecule has 24 heavy (non-hydrogen) atoms. The Balaban J connectivity index is 1.80. The van der Waals surface area contributed by atoms with Gasteiger partial charge in [-0.3, -0.25) is 4.79 Å². The Labute approximate surface area is 143 Å². The Morgan fingerprint density at radius 2 is 1.83 bits per heavy atom. The number of hydrogen-bond donors (Lipinski definition) is 2. The van der Waals surface area contributed by atoms with Crippen molar-refractivity contribution in [3.8, 4) is 5.75 Å². The van der Waals surface area contributed by atoms with Crippen molar-refractivity contribution in [3.05, 3.63) is 54.1 Å². The quantitative estimate of drug-likeness (QED) is 0.692. The molecule has 2 N–H and O–H groups in total. The minimum atomic E-state index is -0.108. The Bertz CT molecular complexity index is 659. The van der Waals surface area contributed by atoms with E-state index in [9.17, 15) is 4.79 Å². The highest BCUT2D eigenvalue weighted by molar-refractivity contribution is 5.93. The molecule has 0 aliphatic rings. The van der Waals surface area contributed by atoms with Crippen LogP contribution >= 0.6 is 0 Å². The molecule has 128 valence electrons. The normalized spacial score (nSPS) is 10.2. The molecule has 2 aromatic carbocycles. The summed E-state index contributed by atoms with van der Waals surface area (Å²) in [6, 6.07) is 15.2. The molecule has 2 aromatic rings. The zero-order valence-electron chi connectivity index (χ0n) is 14.2. The van der Waals surface area contributed by atoms with Crippen LogP contribution in [-0.4, -0.2) is 32.3 Å². The van der Waals surface area contributed by atoms with Crippen LogP contribution in [0.5, 0.6) is 5.75 Å². The molecule has 0 aliphatic carbocycles. The molecule has 0 saturated carbocycles. The van der Waals surface area contributed by atoms with E-state index in [2.05, 4.69) is 10.6 Å². The van der Waals surface area contributed by atoms with E-state index in [1.165, 1.54) is 0 Å². The summed E-state index contributed by atoms with van der Waals surface area (Å²) in [4.78, 5) is 12.0. The van der Waals surface area contributed by atoms with E-state index in [0.717, 1.165) is 11.3 Å². The molecular formula is C19H24N2O3. The number of carbonyl (C=O) groups excluding carboxylic acids is 1. The van der Waals surface area contributed by atoms with Crippen molar-refractivity contribution in [2.75, 3.05) is 37.0 Å². The number of anilines is 2. The zero-order chi connectivity index (χ0) is 17.2. The smallest absolute Gasteiger partial charge is 0.243 e. The monoisotopic (exact) mass is 328 g/mol. The SMILES string of the molecule is CCOCCOc1cccc(NC(=O)CNc2cccc(C)c2)c1. The topological polar surface area (TPSA) is 59.6 Å². The highest BCUT2D eigenvalue weighted by Crippen LogP contribution is 2.17. The van der Waals surface area contributed by atoms with Gasteiger partial charge >= 0.3 is 0 Å². The lowest BCUT2D eigenvalue weighted by atomic mass is 10.2. The summed E-state index contributed by atoms with van der Waals surface area (Å²) in [6.07, 6.45) is 0. The molecular weight excluding hydrogens is 304 g/mol. The molecule has 0 aliphatic heterocycles. The van der Waals surface area contributed by atoms with Gasteiger partial charge in [0.25, 0.3) is 0 Å². The standard InChI is InChI=1S/C19H24N2O3/c1-3-23-10-11-24-18-9-5-8-17(13-18)21-19(22)14-20-16-7-4-6-15(2)12-16/h4-9,12-13,20H,3,10-11,14H2,1-2H3,(H,21,22). The zero-order valence-corrected chi connectivity index (χ0v) is 14.2. The predicted octanol–water partition coefficient (Wildman–Crippen LogP) is 3.46. The van der Waals surface area contributed by atoms with Gasteiger partial charge < -0.3 is 20.1 Å². The van der Waals surface area contributed by atoms with E-state index in [1.807, 2.05) is 56.3 Å². The van der Waals surface area contributed by atoms with Gasteiger partial charge in [0.15, 0.2) is 0 Å². The molecule has 0 atom stereocenters. The van der Waals surface area contributed by atoms with Crippen LogP contribution in [0.25, 0.3) is 0 Å². The Kier molecular flexibility index (Phi) is 7.11. The van der Waals surface area contributed by atoms with E-state index in [0.29, 0.717) is 31.3 Å². The van der Waals surface area contributed by atoms with Gasteiger partial charge in [0, 0.05) is 24.0 Å². The molecule has 2 rings (SSSR count). The van der Waals surface area contributed by atoms with E-state index in [1.54, 1.807) is 6.07 Å². The van der Waals surface area contributed by atoms with Crippen molar-refractivity contribution < 1.29 is 14.3 Å². The average Bonchev–Trinajstić information content (AvgIpc) is 2.57. The summed E-state index contributed by atoms with van der Waals surface area (Å²) in [5.41, 5.74) is 2.79. The van der Waals surface area contributed by atoms with Crippen LogP contribution in [0.15, 0.2) is 48.5 Å². The summed E-state index contributed by atoms with van der Waals surface area (Å²) in [7, 11) is 0. The lowest BCUT2D eigenvalue weighted by Crippen LogP contribution is -2.21. The third kappa shape index (κ3) is 6.30. The number of benzene rings is 2. The fourth-order valence-corrected chi connectivity index (χ4v) is 2.17. The molecule has 0 saturated heterocycles. The lowest BCUT2D eigenvalue weighted by Gasteiger charge is -2.10. The van der Waals surface area contributed by atoms with Gasteiger partial charge in [-0.15, -0.1) is 0 Å². The van der Waals surface area contributed by atoms with Crippen molar-refractivity contribution >= 4 is 17.3 Å². The van der Waals surface area contributed by atoms with Crippen molar-refractivity contribution in [3.63, 3.8) is 0 Å².